The first-order valence-electron chi connectivity index (χ1n) is 9.36. The fourth-order valence-electron chi connectivity index (χ4n) is 3.46. The molecule has 0 bridgehead atoms. The number of nitrogens with one attached hydrogen (secondary N) is 1. The van der Waals surface area contributed by atoms with Crippen molar-refractivity contribution in [2.75, 3.05) is 18.6 Å². The average Bonchev–Trinajstić information content (AvgIpc) is 3.21. The quantitative estimate of drug-likeness (QED) is 0.212. The number of carboxylic acid groups (broad SMARTS) is 1. The van der Waals surface area contributed by atoms with E-state index in [2.05, 4.69) is 15.5 Å². The van der Waals surface area contributed by atoms with Crippen molar-refractivity contribution < 1.29 is 28.9 Å². The van der Waals surface area contributed by atoms with Crippen LogP contribution in [0.25, 0.3) is 0 Å². The van der Waals surface area contributed by atoms with E-state index < -0.39 is 29.2 Å². The number of carboxylic acids is 1. The molecule has 2 aliphatic heterocycles. The lowest BCUT2D eigenvalue weighted by Crippen LogP contribution is -2.71. The van der Waals surface area contributed by atoms with E-state index >= 15 is 0 Å². The number of fused-ring (bicyclic) bond motifs is 1. The van der Waals surface area contributed by atoms with Crippen LogP contribution in [-0.4, -0.2) is 57.7 Å². The van der Waals surface area contributed by atoms with Crippen LogP contribution >= 0.6 is 23.1 Å². The summed E-state index contributed by atoms with van der Waals surface area (Å²) in [5.74, 6) is -2.28. The molecule has 0 radical (unpaired) electrons. The number of nitrogens with two attached hydrogens (primary N) is 1. The molecule has 166 valence electrons. The number of pyridine rings is 1. The highest BCUT2D eigenvalue weighted by Crippen LogP contribution is 2.40. The Hall–Kier alpha value is -3.45. The SMILES string of the molecule is CON=C(C(=O)NC1C(=O)N2C(C(=O)[O-])=C(C[n+]3ccccc3)CS[C@@H]12)c1csc(N)n1. The zero-order valence-corrected chi connectivity index (χ0v) is 18.4. The molecule has 2 amide bonds. The summed E-state index contributed by atoms with van der Waals surface area (Å²) in [6, 6.07) is 4.58. The third kappa shape index (κ3) is 4.03. The van der Waals surface area contributed by atoms with E-state index in [-0.39, 0.29) is 22.2 Å². The Morgan fingerprint density at radius 3 is 2.78 bits per heavy atom. The molecule has 0 saturated carbocycles. The van der Waals surface area contributed by atoms with Crippen LogP contribution in [0.15, 0.2) is 52.4 Å². The number of hydrogen-bond donors (Lipinski definition) is 2. The highest BCUT2D eigenvalue weighted by molar-refractivity contribution is 8.00. The fourth-order valence-corrected chi connectivity index (χ4v) is 5.34. The number of nitrogens with zero attached hydrogens (tertiary/aromatic N) is 4. The smallest absolute Gasteiger partial charge is 0.276 e. The Morgan fingerprint density at radius 1 is 1.41 bits per heavy atom. The summed E-state index contributed by atoms with van der Waals surface area (Å²) in [7, 11) is 1.28. The minimum absolute atomic E-state index is 0.135. The van der Waals surface area contributed by atoms with E-state index in [0.29, 0.717) is 17.9 Å². The molecule has 2 aromatic heterocycles. The summed E-state index contributed by atoms with van der Waals surface area (Å²) in [6.45, 7) is 0.306. The monoisotopic (exact) mass is 474 g/mol. The Kier molecular flexibility index (Phi) is 6.10. The molecule has 0 spiro atoms. The number of carbonyl (C=O) groups is 3. The number of hydrogen-bond acceptors (Lipinski definition) is 10. The lowest BCUT2D eigenvalue weighted by atomic mass is 10.0. The summed E-state index contributed by atoms with van der Waals surface area (Å²) in [5.41, 5.74) is 6.10. The molecule has 2 atom stereocenters. The van der Waals surface area contributed by atoms with Crippen LogP contribution in [0.2, 0.25) is 0 Å². The van der Waals surface area contributed by atoms with Crippen LogP contribution in [0.5, 0.6) is 0 Å². The van der Waals surface area contributed by atoms with Crippen LogP contribution in [0.3, 0.4) is 0 Å². The Bertz CT molecular complexity index is 1130. The molecule has 1 fully saturated rings. The van der Waals surface area contributed by atoms with E-state index in [1.165, 1.54) is 23.8 Å². The van der Waals surface area contributed by atoms with Crippen molar-refractivity contribution in [3.05, 3.63) is 52.9 Å². The van der Waals surface area contributed by atoms with Crippen LogP contribution < -0.4 is 20.7 Å². The molecule has 11 nitrogen and oxygen atoms in total. The molecule has 1 saturated heterocycles. The van der Waals surface area contributed by atoms with Gasteiger partial charge in [0.2, 0.25) is 0 Å². The van der Waals surface area contributed by atoms with E-state index in [0.717, 1.165) is 11.3 Å². The lowest BCUT2D eigenvalue weighted by molar-refractivity contribution is -0.689. The van der Waals surface area contributed by atoms with Gasteiger partial charge in [-0.15, -0.1) is 23.1 Å². The molecule has 4 rings (SSSR count). The molecule has 1 unspecified atom stereocenters. The number of oxime groups is 1. The summed E-state index contributed by atoms with van der Waals surface area (Å²) < 4.78 is 1.82. The van der Waals surface area contributed by atoms with E-state index in [9.17, 15) is 19.5 Å². The molecule has 2 aromatic rings. The topological polar surface area (TPSA) is 154 Å². The largest absolute Gasteiger partial charge is 0.543 e. The van der Waals surface area contributed by atoms with Crippen molar-refractivity contribution in [1.29, 1.82) is 0 Å². The van der Waals surface area contributed by atoms with E-state index in [4.69, 9.17) is 10.6 Å². The first-order valence-corrected chi connectivity index (χ1v) is 11.3. The average molecular weight is 475 g/mol. The number of thioether (sulfide) groups is 1. The van der Waals surface area contributed by atoms with Crippen molar-refractivity contribution in [2.24, 2.45) is 5.16 Å². The van der Waals surface area contributed by atoms with Gasteiger partial charge in [0.1, 0.15) is 24.2 Å². The number of anilines is 1. The van der Waals surface area contributed by atoms with Gasteiger partial charge < -0.3 is 25.8 Å². The Labute approximate surface area is 190 Å². The number of aliphatic carboxylic acids is 1. The zero-order valence-electron chi connectivity index (χ0n) is 16.8. The summed E-state index contributed by atoms with van der Waals surface area (Å²) in [4.78, 5) is 47.4. The third-order valence-electron chi connectivity index (χ3n) is 4.84. The van der Waals surface area contributed by atoms with Gasteiger partial charge in [-0.05, 0) is 0 Å². The number of nitrogen functional groups attached to an aromatic ring is 1. The van der Waals surface area contributed by atoms with Gasteiger partial charge in [0, 0.05) is 28.8 Å². The maximum Gasteiger partial charge on any atom is 0.276 e. The number of amides is 2. The maximum atomic E-state index is 12.8. The molecule has 0 aliphatic carbocycles. The van der Waals surface area contributed by atoms with Crippen molar-refractivity contribution >= 4 is 51.7 Å². The van der Waals surface area contributed by atoms with Gasteiger partial charge in [-0.3, -0.25) is 14.5 Å². The summed E-state index contributed by atoms with van der Waals surface area (Å²) >= 11 is 2.49. The van der Waals surface area contributed by atoms with Gasteiger partial charge in [0.05, 0.1) is 11.7 Å². The van der Waals surface area contributed by atoms with Crippen LogP contribution in [0.1, 0.15) is 5.69 Å². The highest BCUT2D eigenvalue weighted by atomic mass is 32.2. The van der Waals surface area contributed by atoms with Gasteiger partial charge in [-0.25, -0.2) is 9.55 Å². The Morgan fingerprint density at radius 2 is 2.16 bits per heavy atom. The van der Waals surface area contributed by atoms with Crippen LogP contribution in [0.4, 0.5) is 5.13 Å². The van der Waals surface area contributed by atoms with Crippen molar-refractivity contribution in [2.45, 2.75) is 18.0 Å². The second-order valence-corrected chi connectivity index (χ2v) is 8.84. The van der Waals surface area contributed by atoms with Crippen molar-refractivity contribution in [3.63, 3.8) is 0 Å². The maximum absolute atomic E-state index is 12.8. The molecular formula is C19H18N6O5S2. The molecule has 2 aliphatic rings. The first kappa shape index (κ1) is 21.8. The molecular weight excluding hydrogens is 456 g/mol. The molecule has 13 heteroatoms. The van der Waals surface area contributed by atoms with Crippen molar-refractivity contribution in [1.82, 2.24) is 15.2 Å². The van der Waals surface area contributed by atoms with Gasteiger partial charge in [-0.2, -0.15) is 0 Å². The predicted octanol–water partition coefficient (Wildman–Crippen LogP) is -1.53. The number of carbonyl (C=O) groups excluding carboxylic acids is 3. The number of thiazole rings is 1. The van der Waals surface area contributed by atoms with Crippen LogP contribution in [-0.2, 0) is 25.8 Å². The molecule has 3 N–H and O–H groups in total. The number of rotatable bonds is 7. The van der Waals surface area contributed by atoms with Gasteiger partial charge in [-0.1, -0.05) is 11.2 Å². The normalized spacial score (nSPS) is 20.5. The Balaban J connectivity index is 1.53. The zero-order chi connectivity index (χ0) is 22.8. The van der Waals surface area contributed by atoms with E-state index in [1.807, 2.05) is 22.8 Å². The number of β-lactam (4-membered cyclic amide) rings is 1. The van der Waals surface area contributed by atoms with E-state index in [1.54, 1.807) is 17.8 Å². The summed E-state index contributed by atoms with van der Waals surface area (Å²) in [6.07, 6.45) is 3.61. The third-order valence-corrected chi connectivity index (χ3v) is 6.85. The predicted molar refractivity (Wildman–Crippen MR) is 114 cm³/mol. The molecule has 0 aromatic carbocycles. The second kappa shape index (κ2) is 8.96. The summed E-state index contributed by atoms with van der Waals surface area (Å²) in [5, 5.41) is 19.4. The van der Waals surface area contributed by atoms with Crippen LogP contribution in [0, 0.1) is 0 Å². The van der Waals surface area contributed by atoms with Crippen molar-refractivity contribution in [3.8, 4) is 0 Å². The minimum atomic E-state index is -1.43. The van der Waals surface area contributed by atoms with Gasteiger partial charge >= 0.3 is 0 Å². The minimum Gasteiger partial charge on any atom is -0.543 e. The van der Waals surface area contributed by atoms with Gasteiger partial charge in [0.25, 0.3) is 11.8 Å². The first-order chi connectivity index (χ1) is 15.4. The van der Waals surface area contributed by atoms with Gasteiger partial charge in [0.15, 0.2) is 29.8 Å². The molecule has 4 heterocycles. The number of aromatic nitrogens is 2. The molecule has 32 heavy (non-hydrogen) atoms. The lowest BCUT2D eigenvalue weighted by Gasteiger charge is -2.50. The standard InChI is InChI=1S/C19H18N6O5S2/c1-30-23-12(11-9-32-19(20)21-11)15(26)22-13-16(27)25-14(18(28)29)10(8-31-17(13)25)7-24-5-3-2-4-6-24/h2-6,9,13,17H,7-8H2,1H3,(H3-,20,21,22,26,28,29)/t13?,17-/m0/s1. The highest BCUT2D eigenvalue weighted by Gasteiger charge is 2.53. The second-order valence-electron chi connectivity index (χ2n) is 6.84. The fraction of sp³-hybridized carbons (Fsp3) is 0.263.